The van der Waals surface area contributed by atoms with E-state index in [1.807, 2.05) is 31.7 Å². The van der Waals surface area contributed by atoms with E-state index in [-0.39, 0.29) is 17.4 Å². The van der Waals surface area contributed by atoms with Gasteiger partial charge >= 0.3 is 0 Å². The van der Waals surface area contributed by atoms with Crippen molar-refractivity contribution in [3.63, 3.8) is 0 Å². The maximum Gasteiger partial charge on any atom is 0.275 e. The van der Waals surface area contributed by atoms with Crippen LogP contribution in [-0.4, -0.2) is 43.5 Å². The standard InChI is InChI=1S/C19H23N5O2S/c1-10-11(2)21-16-8-15(22-24(16)18(10)25)14-6-5-7-23(9-14)19(26)17-12(3)20-13(4)27-17/h8,14,22H,5-7,9H2,1-4H3/t14-/m1/s1. The Labute approximate surface area is 161 Å². The lowest BCUT2D eigenvalue weighted by atomic mass is 9.94. The van der Waals surface area contributed by atoms with E-state index in [9.17, 15) is 9.59 Å². The summed E-state index contributed by atoms with van der Waals surface area (Å²) in [6.07, 6.45) is 1.91. The zero-order chi connectivity index (χ0) is 19.3. The van der Waals surface area contributed by atoms with Crippen molar-refractivity contribution in [3.05, 3.63) is 49.0 Å². The molecule has 4 rings (SSSR count). The molecule has 4 heterocycles. The Bertz CT molecular complexity index is 1090. The first-order valence-corrected chi connectivity index (χ1v) is 9.99. The quantitative estimate of drug-likeness (QED) is 0.735. The highest BCUT2D eigenvalue weighted by Gasteiger charge is 2.28. The van der Waals surface area contributed by atoms with Gasteiger partial charge in [0.2, 0.25) is 0 Å². The molecular formula is C19H23N5O2S. The van der Waals surface area contributed by atoms with Crippen molar-refractivity contribution in [2.75, 3.05) is 13.1 Å². The maximum absolute atomic E-state index is 12.9. The molecule has 1 fully saturated rings. The van der Waals surface area contributed by atoms with Gasteiger partial charge in [-0.05, 0) is 40.5 Å². The third-order valence-electron chi connectivity index (χ3n) is 5.35. The summed E-state index contributed by atoms with van der Waals surface area (Å²) in [4.78, 5) is 36.9. The molecule has 1 aliphatic heterocycles. The topological polar surface area (TPSA) is 83.4 Å². The van der Waals surface area contributed by atoms with Crippen LogP contribution in [0.5, 0.6) is 0 Å². The molecule has 0 aliphatic carbocycles. The van der Waals surface area contributed by atoms with Crippen LogP contribution in [0, 0.1) is 27.7 Å². The summed E-state index contributed by atoms with van der Waals surface area (Å²) in [6.45, 7) is 8.84. The fraction of sp³-hybridized carbons (Fsp3) is 0.474. The van der Waals surface area contributed by atoms with E-state index >= 15 is 0 Å². The molecule has 7 nitrogen and oxygen atoms in total. The number of H-pyrrole nitrogens is 1. The summed E-state index contributed by atoms with van der Waals surface area (Å²) >= 11 is 1.46. The minimum absolute atomic E-state index is 0.0564. The molecule has 3 aromatic heterocycles. The van der Waals surface area contributed by atoms with Crippen LogP contribution in [-0.2, 0) is 0 Å². The van der Waals surface area contributed by atoms with Gasteiger partial charge in [0.05, 0.1) is 10.7 Å². The molecule has 1 aliphatic rings. The summed E-state index contributed by atoms with van der Waals surface area (Å²) in [6, 6.07) is 1.94. The molecule has 0 spiro atoms. The number of piperidine rings is 1. The van der Waals surface area contributed by atoms with E-state index in [0.717, 1.165) is 46.4 Å². The second-order valence-corrected chi connectivity index (χ2v) is 8.47. The molecule has 142 valence electrons. The zero-order valence-corrected chi connectivity index (χ0v) is 16.8. The van der Waals surface area contributed by atoms with Crippen LogP contribution >= 0.6 is 11.3 Å². The lowest BCUT2D eigenvalue weighted by Crippen LogP contribution is -2.39. The molecule has 0 saturated carbocycles. The van der Waals surface area contributed by atoms with E-state index < -0.39 is 0 Å². The number of hydrogen-bond donors (Lipinski definition) is 1. The van der Waals surface area contributed by atoms with Crippen molar-refractivity contribution in [2.45, 2.75) is 46.5 Å². The average Bonchev–Trinajstić information content (AvgIpc) is 3.22. The van der Waals surface area contributed by atoms with Crippen molar-refractivity contribution < 1.29 is 4.79 Å². The number of aromatic amines is 1. The van der Waals surface area contributed by atoms with Crippen LogP contribution in [0.25, 0.3) is 5.65 Å². The van der Waals surface area contributed by atoms with Gasteiger partial charge < -0.3 is 4.90 Å². The largest absolute Gasteiger partial charge is 0.337 e. The minimum Gasteiger partial charge on any atom is -0.337 e. The Balaban J connectivity index is 1.62. The molecule has 0 aromatic carbocycles. The first-order valence-electron chi connectivity index (χ1n) is 9.17. The van der Waals surface area contributed by atoms with Gasteiger partial charge in [0.15, 0.2) is 5.65 Å². The number of likely N-dealkylation sites (tertiary alicyclic amines) is 1. The van der Waals surface area contributed by atoms with Gasteiger partial charge in [0.1, 0.15) is 4.88 Å². The zero-order valence-electron chi connectivity index (χ0n) is 16.0. The van der Waals surface area contributed by atoms with Gasteiger partial charge in [-0.1, -0.05) is 0 Å². The SMILES string of the molecule is Cc1nc(C)c(C(=O)N2CCC[C@@H](c3cc4nc(C)c(C)c(=O)n4[nH]3)C2)s1. The van der Waals surface area contributed by atoms with Gasteiger partial charge in [-0.3, -0.25) is 14.7 Å². The van der Waals surface area contributed by atoms with Crippen molar-refractivity contribution in [2.24, 2.45) is 0 Å². The van der Waals surface area contributed by atoms with Crippen LogP contribution in [0.2, 0.25) is 0 Å². The first-order chi connectivity index (χ1) is 12.8. The lowest BCUT2D eigenvalue weighted by molar-refractivity contribution is 0.0710. The monoisotopic (exact) mass is 385 g/mol. The molecule has 8 heteroatoms. The van der Waals surface area contributed by atoms with E-state index in [4.69, 9.17) is 0 Å². The summed E-state index contributed by atoms with van der Waals surface area (Å²) in [7, 11) is 0. The Morgan fingerprint density at radius 1 is 1.22 bits per heavy atom. The van der Waals surface area contributed by atoms with Gasteiger partial charge in [-0.2, -0.15) is 0 Å². The number of amides is 1. The molecule has 1 saturated heterocycles. The predicted octanol–water partition coefficient (Wildman–Crippen LogP) is 2.73. The highest BCUT2D eigenvalue weighted by Crippen LogP contribution is 2.29. The molecule has 27 heavy (non-hydrogen) atoms. The summed E-state index contributed by atoms with van der Waals surface area (Å²) in [5, 5.41) is 4.12. The molecular weight excluding hydrogens is 362 g/mol. The van der Waals surface area contributed by atoms with Crippen LogP contribution in [0.4, 0.5) is 0 Å². The number of nitrogens with one attached hydrogen (secondary N) is 1. The molecule has 3 aromatic rings. The van der Waals surface area contributed by atoms with Crippen LogP contribution < -0.4 is 5.56 Å². The Hall–Kier alpha value is -2.48. The number of aryl methyl sites for hydroxylation is 3. The number of fused-ring (bicyclic) bond motifs is 1. The van der Waals surface area contributed by atoms with Gasteiger partial charge in [0.25, 0.3) is 11.5 Å². The van der Waals surface area contributed by atoms with E-state index in [1.54, 1.807) is 6.92 Å². The molecule has 0 bridgehead atoms. The molecule has 1 atom stereocenters. The van der Waals surface area contributed by atoms with E-state index in [0.29, 0.717) is 17.8 Å². The lowest BCUT2D eigenvalue weighted by Gasteiger charge is -2.32. The summed E-state index contributed by atoms with van der Waals surface area (Å²) in [5.41, 5.74) is 3.73. The maximum atomic E-state index is 12.9. The second kappa shape index (κ2) is 6.60. The molecule has 0 unspecified atom stereocenters. The van der Waals surface area contributed by atoms with E-state index in [1.165, 1.54) is 15.9 Å². The van der Waals surface area contributed by atoms with Gasteiger partial charge in [-0.15, -0.1) is 11.3 Å². The van der Waals surface area contributed by atoms with E-state index in [2.05, 4.69) is 15.1 Å². The third-order valence-corrected chi connectivity index (χ3v) is 6.41. The number of aromatic nitrogens is 4. The Morgan fingerprint density at radius 2 is 2.00 bits per heavy atom. The van der Waals surface area contributed by atoms with Crippen molar-refractivity contribution >= 4 is 22.9 Å². The average molecular weight is 385 g/mol. The number of nitrogens with zero attached hydrogens (tertiary/aromatic N) is 4. The highest BCUT2D eigenvalue weighted by atomic mass is 32.1. The number of carbonyl (C=O) groups is 1. The van der Waals surface area contributed by atoms with Gasteiger partial charge in [-0.25, -0.2) is 14.5 Å². The molecule has 1 amide bonds. The van der Waals surface area contributed by atoms with Crippen molar-refractivity contribution in [3.8, 4) is 0 Å². The summed E-state index contributed by atoms with van der Waals surface area (Å²) in [5.74, 6) is 0.222. The normalized spacial score (nSPS) is 17.6. The molecule has 0 radical (unpaired) electrons. The number of hydrogen-bond acceptors (Lipinski definition) is 5. The number of rotatable bonds is 2. The molecule has 1 N–H and O–H groups in total. The van der Waals surface area contributed by atoms with Crippen LogP contribution in [0.3, 0.4) is 0 Å². The predicted molar refractivity (Wildman–Crippen MR) is 105 cm³/mol. The minimum atomic E-state index is -0.0664. The summed E-state index contributed by atoms with van der Waals surface area (Å²) < 4.78 is 1.51. The Kier molecular flexibility index (Phi) is 4.38. The van der Waals surface area contributed by atoms with Crippen molar-refractivity contribution in [1.82, 2.24) is 24.5 Å². The fourth-order valence-corrected chi connectivity index (χ4v) is 4.62. The smallest absolute Gasteiger partial charge is 0.275 e. The van der Waals surface area contributed by atoms with Gasteiger partial charge in [0, 0.05) is 42.0 Å². The van der Waals surface area contributed by atoms with Crippen LogP contribution in [0.15, 0.2) is 10.9 Å². The van der Waals surface area contributed by atoms with Crippen molar-refractivity contribution in [1.29, 1.82) is 0 Å². The first kappa shape index (κ1) is 17.9. The van der Waals surface area contributed by atoms with Crippen LogP contribution in [0.1, 0.15) is 56.1 Å². The number of carbonyl (C=O) groups excluding carboxylic acids is 1. The Morgan fingerprint density at radius 3 is 2.70 bits per heavy atom. The third kappa shape index (κ3) is 3.07. The fourth-order valence-electron chi connectivity index (χ4n) is 3.74. The second-order valence-electron chi connectivity index (χ2n) is 7.27. The highest BCUT2D eigenvalue weighted by molar-refractivity contribution is 7.13. The number of thiazole rings is 1.